The predicted octanol–water partition coefficient (Wildman–Crippen LogP) is 3.01. The van der Waals surface area contributed by atoms with Crippen molar-refractivity contribution in [3.8, 4) is 0 Å². The molecule has 18 heavy (non-hydrogen) atoms. The van der Waals surface area contributed by atoms with Crippen molar-refractivity contribution in [2.75, 3.05) is 18.6 Å². The smallest absolute Gasteiger partial charge is 0.148 e. The number of unbranched alkanes of at least 4 members (excludes halogenated alkanes) is 1. The molecule has 0 spiro atoms. The molecule has 0 aromatic carbocycles. The van der Waals surface area contributed by atoms with Crippen LogP contribution in [0.1, 0.15) is 59.3 Å². The van der Waals surface area contributed by atoms with Gasteiger partial charge in [0, 0.05) is 12.3 Å². The first kappa shape index (κ1) is 17.9. The third-order valence-electron chi connectivity index (χ3n) is 3.35. The molecule has 0 amide bonds. The first-order valence-corrected chi connectivity index (χ1v) is 9.40. The Labute approximate surface area is 114 Å². The van der Waals surface area contributed by atoms with Gasteiger partial charge in [-0.05, 0) is 25.3 Å². The van der Waals surface area contributed by atoms with E-state index in [2.05, 4.69) is 26.1 Å². The normalized spacial score (nSPS) is 15.6. The Bertz CT molecular complexity index is 288. The van der Waals surface area contributed by atoms with Crippen LogP contribution in [0.3, 0.4) is 0 Å². The molecular formula is C14H31NO2S. The number of rotatable bonds is 11. The number of hydrogen-bond donors (Lipinski definition) is 1. The Hall–Kier alpha value is -0.0900. The molecule has 0 aliphatic carbocycles. The van der Waals surface area contributed by atoms with Crippen molar-refractivity contribution in [3.63, 3.8) is 0 Å². The summed E-state index contributed by atoms with van der Waals surface area (Å²) in [5.74, 6) is 0.927. The minimum atomic E-state index is -2.89. The largest absolute Gasteiger partial charge is 0.313 e. The van der Waals surface area contributed by atoms with Gasteiger partial charge >= 0.3 is 0 Å². The summed E-state index contributed by atoms with van der Waals surface area (Å²) in [4.78, 5) is 0. The summed E-state index contributed by atoms with van der Waals surface area (Å²) in [5.41, 5.74) is 0. The van der Waals surface area contributed by atoms with Crippen LogP contribution in [-0.4, -0.2) is 33.0 Å². The van der Waals surface area contributed by atoms with Crippen molar-refractivity contribution in [2.24, 2.45) is 5.92 Å². The summed E-state index contributed by atoms with van der Waals surface area (Å²) in [6.45, 7) is 7.43. The summed E-state index contributed by atoms with van der Waals surface area (Å²) < 4.78 is 22.9. The summed E-state index contributed by atoms with van der Waals surface area (Å²) >= 11 is 0. The fourth-order valence-corrected chi connectivity index (χ4v) is 3.29. The third-order valence-corrected chi connectivity index (χ3v) is 4.36. The molecule has 110 valence electrons. The minimum absolute atomic E-state index is 0.127. The van der Waals surface area contributed by atoms with Gasteiger partial charge in [-0.25, -0.2) is 8.42 Å². The third kappa shape index (κ3) is 9.89. The first-order chi connectivity index (χ1) is 8.42. The lowest BCUT2D eigenvalue weighted by Gasteiger charge is -2.23. The maximum Gasteiger partial charge on any atom is 0.148 e. The summed E-state index contributed by atoms with van der Waals surface area (Å²) in [5, 5.41) is 3.39. The van der Waals surface area contributed by atoms with E-state index in [0.29, 0.717) is 5.92 Å². The van der Waals surface area contributed by atoms with Gasteiger partial charge in [0.05, 0.1) is 5.75 Å². The molecule has 0 radical (unpaired) electrons. The van der Waals surface area contributed by atoms with Crippen molar-refractivity contribution >= 4 is 9.84 Å². The van der Waals surface area contributed by atoms with E-state index in [1.54, 1.807) is 0 Å². The second-order valence-corrected chi connectivity index (χ2v) is 7.58. The molecule has 0 bridgehead atoms. The average Bonchev–Trinajstić information content (AvgIpc) is 2.29. The van der Waals surface area contributed by atoms with Gasteiger partial charge in [-0.15, -0.1) is 0 Å². The first-order valence-electron chi connectivity index (χ1n) is 7.34. The van der Waals surface area contributed by atoms with Gasteiger partial charge in [0.2, 0.25) is 0 Å². The van der Waals surface area contributed by atoms with Gasteiger partial charge in [0.15, 0.2) is 0 Å². The Morgan fingerprint density at radius 1 is 1.11 bits per heavy atom. The molecule has 0 aromatic heterocycles. The standard InChI is InChI=1S/C14H31NO2S/c1-5-8-9-13(7-3)11-14(15-10-6-2)12-18(4,16)17/h13-15H,5-12H2,1-4H3. The fourth-order valence-electron chi connectivity index (χ4n) is 2.31. The number of sulfone groups is 1. The number of nitrogens with one attached hydrogen (secondary N) is 1. The van der Waals surface area contributed by atoms with Crippen LogP contribution in [0, 0.1) is 5.92 Å². The maximum atomic E-state index is 11.4. The van der Waals surface area contributed by atoms with E-state index in [1.165, 1.54) is 25.5 Å². The van der Waals surface area contributed by atoms with Crippen LogP contribution >= 0.6 is 0 Å². The molecule has 0 aromatic rings. The van der Waals surface area contributed by atoms with Crippen molar-refractivity contribution in [2.45, 2.75) is 65.3 Å². The lowest BCUT2D eigenvalue weighted by molar-refractivity contribution is 0.362. The Balaban J connectivity index is 4.34. The van der Waals surface area contributed by atoms with Crippen LogP contribution in [0.5, 0.6) is 0 Å². The molecule has 2 atom stereocenters. The zero-order valence-corrected chi connectivity index (χ0v) is 13.4. The SMILES string of the molecule is CCCCC(CC)CC(CS(C)(=O)=O)NCCC. The topological polar surface area (TPSA) is 46.2 Å². The van der Waals surface area contributed by atoms with E-state index in [-0.39, 0.29) is 11.8 Å². The lowest BCUT2D eigenvalue weighted by atomic mass is 9.92. The minimum Gasteiger partial charge on any atom is -0.313 e. The van der Waals surface area contributed by atoms with E-state index < -0.39 is 9.84 Å². The highest BCUT2D eigenvalue weighted by Gasteiger charge is 2.18. The predicted molar refractivity (Wildman–Crippen MR) is 79.7 cm³/mol. The number of hydrogen-bond acceptors (Lipinski definition) is 3. The highest BCUT2D eigenvalue weighted by Crippen LogP contribution is 2.19. The van der Waals surface area contributed by atoms with Gasteiger partial charge in [-0.2, -0.15) is 0 Å². The molecule has 0 aliphatic heterocycles. The van der Waals surface area contributed by atoms with Crippen LogP contribution in [0.2, 0.25) is 0 Å². The highest BCUT2D eigenvalue weighted by atomic mass is 32.2. The van der Waals surface area contributed by atoms with Crippen molar-refractivity contribution in [1.29, 1.82) is 0 Å². The average molecular weight is 277 g/mol. The fraction of sp³-hybridized carbons (Fsp3) is 1.00. The van der Waals surface area contributed by atoms with Gasteiger partial charge in [-0.1, -0.05) is 46.5 Å². The van der Waals surface area contributed by atoms with E-state index >= 15 is 0 Å². The molecular weight excluding hydrogens is 246 g/mol. The van der Waals surface area contributed by atoms with E-state index in [0.717, 1.165) is 25.8 Å². The van der Waals surface area contributed by atoms with Crippen LogP contribution in [0.25, 0.3) is 0 Å². The van der Waals surface area contributed by atoms with Crippen LogP contribution < -0.4 is 5.32 Å². The molecule has 1 N–H and O–H groups in total. The van der Waals surface area contributed by atoms with Crippen molar-refractivity contribution in [1.82, 2.24) is 5.32 Å². The second-order valence-electron chi connectivity index (χ2n) is 5.40. The van der Waals surface area contributed by atoms with Gasteiger partial charge < -0.3 is 5.32 Å². The lowest BCUT2D eigenvalue weighted by Crippen LogP contribution is -2.37. The van der Waals surface area contributed by atoms with Crippen LogP contribution in [0.15, 0.2) is 0 Å². The molecule has 0 fully saturated rings. The van der Waals surface area contributed by atoms with Gasteiger partial charge in [0.1, 0.15) is 9.84 Å². The zero-order chi connectivity index (χ0) is 14.0. The molecule has 2 unspecified atom stereocenters. The second kappa shape index (κ2) is 9.79. The van der Waals surface area contributed by atoms with E-state index in [1.807, 2.05) is 0 Å². The Kier molecular flexibility index (Phi) is 9.74. The molecule has 0 heterocycles. The quantitative estimate of drug-likeness (QED) is 0.631. The zero-order valence-electron chi connectivity index (χ0n) is 12.5. The van der Waals surface area contributed by atoms with Crippen molar-refractivity contribution < 1.29 is 8.42 Å². The molecule has 0 rings (SSSR count). The Morgan fingerprint density at radius 3 is 2.22 bits per heavy atom. The van der Waals surface area contributed by atoms with Crippen molar-refractivity contribution in [3.05, 3.63) is 0 Å². The molecule has 0 saturated heterocycles. The monoisotopic (exact) mass is 277 g/mol. The van der Waals surface area contributed by atoms with Crippen LogP contribution in [-0.2, 0) is 9.84 Å². The molecule has 3 nitrogen and oxygen atoms in total. The molecule has 4 heteroatoms. The molecule has 0 saturated carbocycles. The summed E-state index contributed by atoms with van der Waals surface area (Å²) in [6.07, 6.45) is 8.21. The van der Waals surface area contributed by atoms with Gasteiger partial charge in [0.25, 0.3) is 0 Å². The summed E-state index contributed by atoms with van der Waals surface area (Å²) in [7, 11) is -2.89. The Morgan fingerprint density at radius 2 is 1.78 bits per heavy atom. The molecule has 0 aliphatic rings. The summed E-state index contributed by atoms with van der Waals surface area (Å²) in [6, 6.07) is 0.127. The van der Waals surface area contributed by atoms with E-state index in [4.69, 9.17) is 0 Å². The van der Waals surface area contributed by atoms with E-state index in [9.17, 15) is 8.42 Å². The van der Waals surface area contributed by atoms with Crippen LogP contribution in [0.4, 0.5) is 0 Å². The maximum absolute atomic E-state index is 11.4. The highest BCUT2D eigenvalue weighted by molar-refractivity contribution is 7.90. The van der Waals surface area contributed by atoms with Gasteiger partial charge in [-0.3, -0.25) is 0 Å².